The fourth-order valence-electron chi connectivity index (χ4n) is 3.75. The predicted molar refractivity (Wildman–Crippen MR) is 80.4 cm³/mol. The van der Waals surface area contributed by atoms with E-state index < -0.39 is 0 Å². The van der Waals surface area contributed by atoms with Gasteiger partial charge in [0, 0.05) is 17.0 Å². The molecule has 2 fully saturated rings. The quantitative estimate of drug-likeness (QED) is 0.835. The van der Waals surface area contributed by atoms with Crippen molar-refractivity contribution in [2.45, 2.75) is 37.0 Å². The van der Waals surface area contributed by atoms with E-state index in [-0.39, 0.29) is 5.91 Å². The van der Waals surface area contributed by atoms with E-state index in [1.807, 2.05) is 12.1 Å². The van der Waals surface area contributed by atoms with Gasteiger partial charge >= 0.3 is 0 Å². The average Bonchev–Trinajstić information content (AvgIpc) is 3.02. The Morgan fingerprint density at radius 1 is 1.26 bits per heavy atom. The fourth-order valence-corrected chi connectivity index (χ4v) is 4.16. The SMILES string of the molecule is CSc1ccc(NC(=O)CC2CC3CCC2C3)cc1. The lowest BCUT2D eigenvalue weighted by molar-refractivity contribution is -0.117. The standard InChI is InChI=1S/C16H21NOS/c1-19-15-6-4-14(5-7-15)17-16(18)10-13-9-11-2-3-12(13)8-11/h4-7,11-13H,2-3,8-10H2,1H3,(H,17,18). The van der Waals surface area contributed by atoms with E-state index in [0.717, 1.165) is 17.5 Å². The van der Waals surface area contributed by atoms with Gasteiger partial charge in [-0.15, -0.1) is 11.8 Å². The number of hydrogen-bond acceptors (Lipinski definition) is 2. The van der Waals surface area contributed by atoms with Gasteiger partial charge in [0.2, 0.25) is 5.91 Å². The Kier molecular flexibility index (Phi) is 3.83. The summed E-state index contributed by atoms with van der Waals surface area (Å²) >= 11 is 1.72. The van der Waals surface area contributed by atoms with Crippen LogP contribution in [0, 0.1) is 17.8 Å². The van der Waals surface area contributed by atoms with Crippen LogP contribution in [0.3, 0.4) is 0 Å². The highest BCUT2D eigenvalue weighted by atomic mass is 32.2. The first-order valence-electron chi connectivity index (χ1n) is 7.18. The van der Waals surface area contributed by atoms with Gasteiger partial charge < -0.3 is 5.32 Å². The van der Waals surface area contributed by atoms with Gasteiger partial charge in [-0.3, -0.25) is 4.79 Å². The summed E-state index contributed by atoms with van der Waals surface area (Å²) in [5, 5.41) is 3.03. The molecule has 3 atom stereocenters. The van der Waals surface area contributed by atoms with E-state index in [1.54, 1.807) is 11.8 Å². The van der Waals surface area contributed by atoms with E-state index in [1.165, 1.54) is 30.6 Å². The molecule has 2 aliphatic rings. The number of amides is 1. The number of hydrogen-bond donors (Lipinski definition) is 1. The summed E-state index contributed by atoms with van der Waals surface area (Å²) in [6.45, 7) is 0. The molecule has 2 bridgehead atoms. The van der Waals surface area contributed by atoms with Crippen molar-refractivity contribution in [1.29, 1.82) is 0 Å². The first-order valence-corrected chi connectivity index (χ1v) is 8.41. The summed E-state index contributed by atoms with van der Waals surface area (Å²) in [4.78, 5) is 13.3. The Balaban J connectivity index is 1.53. The van der Waals surface area contributed by atoms with E-state index >= 15 is 0 Å². The molecule has 0 heterocycles. The van der Waals surface area contributed by atoms with Crippen LogP contribution >= 0.6 is 11.8 Å². The molecule has 2 saturated carbocycles. The van der Waals surface area contributed by atoms with E-state index in [0.29, 0.717) is 12.3 Å². The highest BCUT2D eigenvalue weighted by Crippen LogP contribution is 2.49. The number of thioether (sulfide) groups is 1. The van der Waals surface area contributed by atoms with Gasteiger partial charge in [0.15, 0.2) is 0 Å². The predicted octanol–water partition coefficient (Wildman–Crippen LogP) is 4.17. The molecule has 3 unspecified atom stereocenters. The van der Waals surface area contributed by atoms with Gasteiger partial charge in [-0.25, -0.2) is 0 Å². The highest BCUT2D eigenvalue weighted by molar-refractivity contribution is 7.98. The van der Waals surface area contributed by atoms with E-state index in [4.69, 9.17) is 0 Å². The fraction of sp³-hybridized carbons (Fsp3) is 0.562. The third-order valence-corrected chi connectivity index (χ3v) is 5.45. The Hall–Kier alpha value is -0.960. The van der Waals surface area contributed by atoms with Crippen molar-refractivity contribution in [2.75, 3.05) is 11.6 Å². The Morgan fingerprint density at radius 3 is 2.63 bits per heavy atom. The van der Waals surface area contributed by atoms with Crippen LogP contribution in [-0.2, 0) is 4.79 Å². The molecule has 3 rings (SSSR count). The van der Waals surface area contributed by atoms with Crippen molar-refractivity contribution in [3.8, 4) is 0 Å². The molecule has 2 nitrogen and oxygen atoms in total. The van der Waals surface area contributed by atoms with E-state index in [2.05, 4.69) is 23.7 Å². The van der Waals surface area contributed by atoms with Crippen molar-refractivity contribution in [1.82, 2.24) is 0 Å². The molecule has 0 radical (unpaired) electrons. The van der Waals surface area contributed by atoms with Crippen LogP contribution in [0.1, 0.15) is 32.1 Å². The zero-order valence-electron chi connectivity index (χ0n) is 11.4. The largest absolute Gasteiger partial charge is 0.326 e. The molecule has 1 amide bonds. The number of nitrogens with one attached hydrogen (secondary N) is 1. The second-order valence-electron chi connectivity index (χ2n) is 5.92. The highest BCUT2D eigenvalue weighted by Gasteiger charge is 2.40. The Labute approximate surface area is 119 Å². The average molecular weight is 275 g/mol. The number of carbonyl (C=O) groups excluding carboxylic acids is 1. The van der Waals surface area contributed by atoms with Crippen LogP contribution in [0.25, 0.3) is 0 Å². The van der Waals surface area contributed by atoms with Crippen LogP contribution in [0.15, 0.2) is 29.2 Å². The molecule has 0 saturated heterocycles. The maximum Gasteiger partial charge on any atom is 0.224 e. The van der Waals surface area contributed by atoms with Crippen LogP contribution in [0.5, 0.6) is 0 Å². The second-order valence-corrected chi connectivity index (χ2v) is 6.80. The van der Waals surface area contributed by atoms with Gasteiger partial charge in [0.25, 0.3) is 0 Å². The van der Waals surface area contributed by atoms with Crippen LogP contribution in [0.4, 0.5) is 5.69 Å². The number of fused-ring (bicyclic) bond motifs is 2. The summed E-state index contributed by atoms with van der Waals surface area (Å²) in [6, 6.07) is 8.09. The lowest BCUT2D eigenvalue weighted by Gasteiger charge is -2.20. The van der Waals surface area contributed by atoms with Crippen molar-refractivity contribution in [2.24, 2.45) is 17.8 Å². The maximum absolute atomic E-state index is 12.1. The molecule has 2 aliphatic carbocycles. The molecular formula is C16H21NOS. The summed E-state index contributed by atoms with van der Waals surface area (Å²) in [5.74, 6) is 2.58. The van der Waals surface area contributed by atoms with Crippen LogP contribution in [0.2, 0.25) is 0 Å². The smallest absolute Gasteiger partial charge is 0.224 e. The van der Waals surface area contributed by atoms with Gasteiger partial charge in [-0.2, -0.15) is 0 Å². The van der Waals surface area contributed by atoms with Crippen LogP contribution < -0.4 is 5.32 Å². The van der Waals surface area contributed by atoms with Gasteiger partial charge in [0.1, 0.15) is 0 Å². The van der Waals surface area contributed by atoms with Crippen molar-refractivity contribution in [3.63, 3.8) is 0 Å². The van der Waals surface area contributed by atoms with Crippen LogP contribution in [-0.4, -0.2) is 12.2 Å². The van der Waals surface area contributed by atoms with Crippen molar-refractivity contribution < 1.29 is 4.79 Å². The number of rotatable bonds is 4. The molecule has 3 heteroatoms. The molecular weight excluding hydrogens is 254 g/mol. The zero-order chi connectivity index (χ0) is 13.2. The number of benzene rings is 1. The summed E-state index contributed by atoms with van der Waals surface area (Å²) in [5.41, 5.74) is 0.922. The van der Waals surface area contributed by atoms with Gasteiger partial charge in [0.05, 0.1) is 0 Å². The molecule has 0 spiro atoms. The van der Waals surface area contributed by atoms with Crippen molar-refractivity contribution in [3.05, 3.63) is 24.3 Å². The third-order valence-electron chi connectivity index (χ3n) is 4.71. The normalized spacial score (nSPS) is 28.6. The number of anilines is 1. The molecule has 1 aromatic carbocycles. The number of carbonyl (C=O) groups is 1. The van der Waals surface area contributed by atoms with E-state index in [9.17, 15) is 4.79 Å². The zero-order valence-corrected chi connectivity index (χ0v) is 12.2. The molecule has 0 aromatic heterocycles. The molecule has 1 N–H and O–H groups in total. The first-order chi connectivity index (χ1) is 9.24. The molecule has 1 aromatic rings. The summed E-state index contributed by atoms with van der Waals surface area (Å²) < 4.78 is 0. The minimum Gasteiger partial charge on any atom is -0.326 e. The second kappa shape index (κ2) is 5.58. The monoisotopic (exact) mass is 275 g/mol. The molecule has 102 valence electrons. The molecule has 0 aliphatic heterocycles. The Bertz CT molecular complexity index is 456. The summed E-state index contributed by atoms with van der Waals surface area (Å²) in [7, 11) is 0. The minimum absolute atomic E-state index is 0.189. The minimum atomic E-state index is 0.189. The van der Waals surface area contributed by atoms with Gasteiger partial charge in [-0.05, 0) is 67.5 Å². The topological polar surface area (TPSA) is 29.1 Å². The summed E-state index contributed by atoms with van der Waals surface area (Å²) in [6.07, 6.45) is 8.18. The van der Waals surface area contributed by atoms with Crippen molar-refractivity contribution >= 4 is 23.4 Å². The third kappa shape index (κ3) is 2.97. The Morgan fingerprint density at radius 2 is 2.05 bits per heavy atom. The van der Waals surface area contributed by atoms with Gasteiger partial charge in [-0.1, -0.05) is 6.42 Å². The lowest BCUT2D eigenvalue weighted by Crippen LogP contribution is -2.20. The lowest BCUT2D eigenvalue weighted by atomic mass is 9.86. The maximum atomic E-state index is 12.1. The molecule has 19 heavy (non-hydrogen) atoms. The first kappa shape index (κ1) is 13.0.